The molecule has 0 aliphatic carbocycles. The van der Waals surface area contributed by atoms with Gasteiger partial charge in [0.25, 0.3) is 0 Å². The van der Waals surface area contributed by atoms with Crippen molar-refractivity contribution in [2.24, 2.45) is 0 Å². The lowest BCUT2D eigenvalue weighted by Crippen LogP contribution is -1.95. The highest BCUT2D eigenvalue weighted by molar-refractivity contribution is 9.10. The number of nitrogens with zero attached hydrogens (tertiary/aromatic N) is 2. The zero-order chi connectivity index (χ0) is 9.42. The van der Waals surface area contributed by atoms with Crippen LogP contribution < -0.4 is 5.73 Å². The lowest BCUT2D eigenvalue weighted by atomic mass is 10.2. The van der Waals surface area contributed by atoms with Gasteiger partial charge < -0.3 is 5.73 Å². The maximum atomic E-state index is 12.8. The van der Waals surface area contributed by atoms with Crippen LogP contribution in [0.15, 0.2) is 22.8 Å². The Morgan fingerprint density at radius 3 is 2.85 bits per heavy atom. The van der Waals surface area contributed by atoms with E-state index in [4.69, 9.17) is 5.73 Å². The normalized spacial score (nSPS) is 10.6. The Kier molecular flexibility index (Phi) is 1.88. The lowest BCUT2D eigenvalue weighted by Gasteiger charge is -2.00. The summed E-state index contributed by atoms with van der Waals surface area (Å²) in [7, 11) is 0. The molecule has 1 aromatic carbocycles. The van der Waals surface area contributed by atoms with Crippen LogP contribution in [0.3, 0.4) is 0 Å². The number of halogens is 2. The molecule has 0 saturated carbocycles. The molecular formula is C8H5BrFN3. The van der Waals surface area contributed by atoms with Gasteiger partial charge in [-0.1, -0.05) is 0 Å². The summed E-state index contributed by atoms with van der Waals surface area (Å²) in [5.41, 5.74) is 5.90. The van der Waals surface area contributed by atoms with E-state index in [9.17, 15) is 4.39 Å². The summed E-state index contributed by atoms with van der Waals surface area (Å²) in [5.74, 6) is -0.206. The van der Waals surface area contributed by atoms with Crippen molar-refractivity contribution in [3.05, 3.63) is 28.6 Å². The number of rotatable bonds is 0. The largest absolute Gasteiger partial charge is 0.368 e. The highest BCUT2D eigenvalue weighted by atomic mass is 79.9. The Balaban J connectivity index is 2.86. The molecule has 2 N–H and O–H groups in total. The van der Waals surface area contributed by atoms with E-state index in [1.807, 2.05) is 0 Å². The van der Waals surface area contributed by atoms with Crippen molar-refractivity contribution in [1.29, 1.82) is 0 Å². The summed E-state index contributed by atoms with van der Waals surface area (Å²) in [4.78, 5) is 7.79. The second kappa shape index (κ2) is 2.92. The lowest BCUT2D eigenvalue weighted by molar-refractivity contribution is 0.629. The summed E-state index contributed by atoms with van der Waals surface area (Å²) < 4.78 is 13.4. The molecule has 0 aliphatic heterocycles. The molecule has 0 fully saturated rings. The van der Waals surface area contributed by atoms with Crippen LogP contribution >= 0.6 is 15.9 Å². The maximum absolute atomic E-state index is 12.8. The zero-order valence-corrected chi connectivity index (χ0v) is 8.05. The molecule has 0 unspecified atom stereocenters. The molecule has 66 valence electrons. The number of fused-ring (bicyclic) bond motifs is 1. The molecule has 1 heterocycles. The van der Waals surface area contributed by atoms with Gasteiger partial charge >= 0.3 is 0 Å². The van der Waals surface area contributed by atoms with Crippen LogP contribution in [0.25, 0.3) is 10.9 Å². The van der Waals surface area contributed by atoms with Gasteiger partial charge in [0, 0.05) is 11.5 Å². The van der Waals surface area contributed by atoms with Crippen LogP contribution in [0.5, 0.6) is 0 Å². The van der Waals surface area contributed by atoms with E-state index < -0.39 is 0 Å². The van der Waals surface area contributed by atoms with Gasteiger partial charge in [0.15, 0.2) is 0 Å². The zero-order valence-electron chi connectivity index (χ0n) is 6.46. The third kappa shape index (κ3) is 1.47. The minimum atomic E-state index is -0.336. The number of aromatic nitrogens is 2. The SMILES string of the molecule is Nc1nc(Br)c2ccc(F)cc2n1. The van der Waals surface area contributed by atoms with Gasteiger partial charge in [-0.3, -0.25) is 0 Å². The minimum Gasteiger partial charge on any atom is -0.368 e. The van der Waals surface area contributed by atoms with Crippen molar-refractivity contribution in [3.8, 4) is 0 Å². The summed E-state index contributed by atoms with van der Waals surface area (Å²) in [6, 6.07) is 4.28. The molecule has 1 aromatic heterocycles. The van der Waals surface area contributed by atoms with Gasteiger partial charge in [0.1, 0.15) is 10.4 Å². The van der Waals surface area contributed by atoms with E-state index in [1.54, 1.807) is 6.07 Å². The quantitative estimate of drug-likeness (QED) is 0.720. The van der Waals surface area contributed by atoms with Crippen molar-refractivity contribution in [2.45, 2.75) is 0 Å². The van der Waals surface area contributed by atoms with Crippen molar-refractivity contribution < 1.29 is 4.39 Å². The molecule has 0 spiro atoms. The molecule has 2 rings (SSSR count). The highest BCUT2D eigenvalue weighted by Gasteiger charge is 2.03. The fourth-order valence-corrected chi connectivity index (χ4v) is 1.60. The van der Waals surface area contributed by atoms with Crippen LogP contribution in [0.4, 0.5) is 10.3 Å². The summed E-state index contributed by atoms with van der Waals surface area (Å²) in [5, 5.41) is 0.746. The third-order valence-corrected chi connectivity index (χ3v) is 2.23. The van der Waals surface area contributed by atoms with Crippen LogP contribution in [0.1, 0.15) is 0 Å². The molecule has 13 heavy (non-hydrogen) atoms. The average molecular weight is 242 g/mol. The summed E-state index contributed by atoms with van der Waals surface area (Å²) in [6.45, 7) is 0. The predicted octanol–water partition coefficient (Wildman–Crippen LogP) is 2.11. The van der Waals surface area contributed by atoms with Crippen molar-refractivity contribution in [2.75, 3.05) is 5.73 Å². The topological polar surface area (TPSA) is 51.8 Å². The van der Waals surface area contributed by atoms with Gasteiger partial charge in [-0.15, -0.1) is 0 Å². The highest BCUT2D eigenvalue weighted by Crippen LogP contribution is 2.21. The van der Waals surface area contributed by atoms with Crippen LogP contribution in [0, 0.1) is 5.82 Å². The number of hydrogen-bond acceptors (Lipinski definition) is 3. The Hall–Kier alpha value is -1.23. The molecule has 0 amide bonds. The number of anilines is 1. The van der Waals surface area contributed by atoms with Crippen molar-refractivity contribution >= 4 is 32.8 Å². The van der Waals surface area contributed by atoms with E-state index in [0.29, 0.717) is 10.1 Å². The molecule has 0 bridgehead atoms. The van der Waals surface area contributed by atoms with E-state index in [-0.39, 0.29) is 11.8 Å². The van der Waals surface area contributed by atoms with E-state index in [0.717, 1.165) is 5.39 Å². The molecule has 2 aromatic rings. The molecule has 0 radical (unpaired) electrons. The maximum Gasteiger partial charge on any atom is 0.221 e. The number of hydrogen-bond donors (Lipinski definition) is 1. The van der Waals surface area contributed by atoms with E-state index in [1.165, 1.54) is 12.1 Å². The first-order valence-corrected chi connectivity index (χ1v) is 4.34. The second-order valence-corrected chi connectivity index (χ2v) is 3.29. The Morgan fingerprint density at radius 2 is 2.08 bits per heavy atom. The average Bonchev–Trinajstić information content (AvgIpc) is 2.02. The number of nitrogens with two attached hydrogens (primary N) is 1. The number of nitrogen functional groups attached to an aromatic ring is 1. The van der Waals surface area contributed by atoms with Gasteiger partial charge in [-0.2, -0.15) is 0 Å². The molecule has 0 aliphatic rings. The van der Waals surface area contributed by atoms with Crippen LogP contribution in [0.2, 0.25) is 0 Å². The molecule has 0 atom stereocenters. The van der Waals surface area contributed by atoms with E-state index in [2.05, 4.69) is 25.9 Å². The number of benzene rings is 1. The van der Waals surface area contributed by atoms with Gasteiger partial charge in [0.05, 0.1) is 5.52 Å². The monoisotopic (exact) mass is 241 g/mol. The van der Waals surface area contributed by atoms with Crippen LogP contribution in [-0.2, 0) is 0 Å². The third-order valence-electron chi connectivity index (χ3n) is 1.63. The summed E-state index contributed by atoms with van der Waals surface area (Å²) in [6.07, 6.45) is 0. The summed E-state index contributed by atoms with van der Waals surface area (Å²) >= 11 is 3.22. The molecule has 5 heteroatoms. The molecular weight excluding hydrogens is 237 g/mol. The fraction of sp³-hybridized carbons (Fsp3) is 0. The Morgan fingerprint density at radius 1 is 1.31 bits per heavy atom. The van der Waals surface area contributed by atoms with Gasteiger partial charge in [0.2, 0.25) is 5.95 Å². The first-order valence-electron chi connectivity index (χ1n) is 3.55. The fourth-order valence-electron chi connectivity index (χ4n) is 1.08. The van der Waals surface area contributed by atoms with E-state index >= 15 is 0 Å². The Bertz CT molecular complexity index is 467. The van der Waals surface area contributed by atoms with Gasteiger partial charge in [-0.05, 0) is 28.1 Å². The van der Waals surface area contributed by atoms with Gasteiger partial charge in [-0.25, -0.2) is 14.4 Å². The second-order valence-electron chi connectivity index (χ2n) is 2.53. The predicted molar refractivity (Wildman–Crippen MR) is 51.6 cm³/mol. The van der Waals surface area contributed by atoms with Crippen molar-refractivity contribution in [3.63, 3.8) is 0 Å². The smallest absolute Gasteiger partial charge is 0.221 e. The first-order chi connectivity index (χ1) is 6.16. The standard InChI is InChI=1S/C8H5BrFN3/c9-7-5-2-1-4(10)3-6(5)12-8(11)13-7/h1-3H,(H2,11,12,13). The van der Waals surface area contributed by atoms with Crippen molar-refractivity contribution in [1.82, 2.24) is 9.97 Å². The molecule has 0 saturated heterocycles. The Labute approximate surface area is 81.9 Å². The minimum absolute atomic E-state index is 0.130. The first kappa shape index (κ1) is 8.37. The molecule has 3 nitrogen and oxygen atoms in total. The van der Waals surface area contributed by atoms with Crippen LogP contribution in [-0.4, -0.2) is 9.97 Å².